The molecule has 0 saturated heterocycles. The van der Waals surface area contributed by atoms with Crippen LogP contribution in [0, 0.1) is 0 Å². The highest BCUT2D eigenvalue weighted by molar-refractivity contribution is 7.91. The van der Waals surface area contributed by atoms with Crippen LogP contribution in [0.1, 0.15) is 18.1 Å². The van der Waals surface area contributed by atoms with Crippen molar-refractivity contribution in [1.29, 1.82) is 0 Å². The van der Waals surface area contributed by atoms with E-state index in [-0.39, 0.29) is 5.75 Å². The largest absolute Gasteiger partial charge is 0.224 e. The highest BCUT2D eigenvalue weighted by Gasteiger charge is 2.11. The van der Waals surface area contributed by atoms with Gasteiger partial charge < -0.3 is 0 Å². The molecule has 6 heteroatoms. The minimum atomic E-state index is -3.18. The maximum atomic E-state index is 11.7. The van der Waals surface area contributed by atoms with Gasteiger partial charge in [-0.3, -0.25) is 0 Å². The third-order valence-corrected chi connectivity index (χ3v) is 6.30. The molecule has 118 valence electrons. The van der Waals surface area contributed by atoms with Gasteiger partial charge in [0, 0.05) is 6.26 Å². The SMILES string of the molecule is CCS(=O)(=O)c1ccc(Cc2ccc(S(C)(=O)=O)cc2)cc1. The molecule has 0 bridgehead atoms. The molecule has 0 aromatic heterocycles. The third-order valence-electron chi connectivity index (χ3n) is 3.42. The fourth-order valence-corrected chi connectivity index (χ4v) is 3.59. The van der Waals surface area contributed by atoms with Crippen molar-refractivity contribution in [3.8, 4) is 0 Å². The monoisotopic (exact) mass is 338 g/mol. The zero-order chi connectivity index (χ0) is 16.4. The first-order valence-electron chi connectivity index (χ1n) is 6.83. The lowest BCUT2D eigenvalue weighted by atomic mass is 10.1. The summed E-state index contributed by atoms with van der Waals surface area (Å²) in [6.45, 7) is 1.62. The molecular formula is C16H18O4S2. The summed E-state index contributed by atoms with van der Waals surface area (Å²) < 4.78 is 46.3. The summed E-state index contributed by atoms with van der Waals surface area (Å²) in [4.78, 5) is 0.617. The molecule has 0 atom stereocenters. The van der Waals surface area contributed by atoms with E-state index in [1.54, 1.807) is 55.5 Å². The van der Waals surface area contributed by atoms with Gasteiger partial charge in [-0.1, -0.05) is 31.2 Å². The third kappa shape index (κ3) is 3.96. The van der Waals surface area contributed by atoms with E-state index in [0.29, 0.717) is 16.2 Å². The van der Waals surface area contributed by atoms with Crippen molar-refractivity contribution < 1.29 is 16.8 Å². The molecule has 0 aliphatic rings. The average molecular weight is 338 g/mol. The fraction of sp³-hybridized carbons (Fsp3) is 0.250. The first-order valence-corrected chi connectivity index (χ1v) is 10.4. The van der Waals surface area contributed by atoms with E-state index >= 15 is 0 Å². The van der Waals surface area contributed by atoms with Gasteiger partial charge in [-0.05, 0) is 41.8 Å². The molecule has 0 spiro atoms. The van der Waals surface area contributed by atoms with Gasteiger partial charge in [0.2, 0.25) is 0 Å². The second-order valence-corrected chi connectivity index (χ2v) is 9.43. The maximum Gasteiger partial charge on any atom is 0.178 e. The average Bonchev–Trinajstić information content (AvgIpc) is 2.47. The van der Waals surface area contributed by atoms with Gasteiger partial charge in [-0.2, -0.15) is 0 Å². The van der Waals surface area contributed by atoms with Crippen molar-refractivity contribution in [2.24, 2.45) is 0 Å². The molecule has 22 heavy (non-hydrogen) atoms. The van der Waals surface area contributed by atoms with Crippen LogP contribution in [0.2, 0.25) is 0 Å². The smallest absolute Gasteiger partial charge is 0.178 e. The molecule has 0 N–H and O–H groups in total. The molecular weight excluding hydrogens is 320 g/mol. The second-order valence-electron chi connectivity index (χ2n) is 5.14. The summed E-state index contributed by atoms with van der Waals surface area (Å²) in [6, 6.07) is 13.5. The predicted molar refractivity (Wildman–Crippen MR) is 86.5 cm³/mol. The van der Waals surface area contributed by atoms with E-state index in [0.717, 1.165) is 11.1 Å². The fourth-order valence-electron chi connectivity index (χ4n) is 2.07. The minimum absolute atomic E-state index is 0.0826. The van der Waals surface area contributed by atoms with Crippen LogP contribution in [0.5, 0.6) is 0 Å². The van der Waals surface area contributed by atoms with Gasteiger partial charge in [-0.25, -0.2) is 16.8 Å². The van der Waals surface area contributed by atoms with Crippen molar-refractivity contribution in [2.75, 3.05) is 12.0 Å². The van der Waals surface area contributed by atoms with Crippen LogP contribution in [-0.2, 0) is 26.1 Å². The summed E-state index contributed by atoms with van der Waals surface area (Å²) in [5.74, 6) is 0.0826. The van der Waals surface area contributed by atoms with Crippen molar-refractivity contribution in [1.82, 2.24) is 0 Å². The molecule has 0 aliphatic carbocycles. The van der Waals surface area contributed by atoms with E-state index in [2.05, 4.69) is 0 Å². The Hall–Kier alpha value is -1.66. The highest BCUT2D eigenvalue weighted by Crippen LogP contribution is 2.16. The standard InChI is InChI=1S/C16H18O4S2/c1-3-22(19,20)16-10-6-14(7-11-16)12-13-4-8-15(9-5-13)21(2,17)18/h4-11H,3,12H2,1-2H3. The van der Waals surface area contributed by atoms with Crippen molar-refractivity contribution in [3.05, 3.63) is 59.7 Å². The molecule has 0 heterocycles. The molecule has 2 aromatic rings. The van der Waals surface area contributed by atoms with E-state index in [1.807, 2.05) is 0 Å². The van der Waals surface area contributed by atoms with Crippen molar-refractivity contribution >= 4 is 19.7 Å². The minimum Gasteiger partial charge on any atom is -0.224 e. The lowest BCUT2D eigenvalue weighted by Gasteiger charge is -2.05. The molecule has 0 unspecified atom stereocenters. The Morgan fingerprint density at radius 2 is 1.14 bits per heavy atom. The van der Waals surface area contributed by atoms with Gasteiger partial charge in [-0.15, -0.1) is 0 Å². The Morgan fingerprint density at radius 1 is 0.727 bits per heavy atom. The Labute approximate surface area is 131 Å². The Morgan fingerprint density at radius 3 is 1.50 bits per heavy atom. The molecule has 0 saturated carbocycles. The number of hydrogen-bond acceptors (Lipinski definition) is 4. The zero-order valence-corrected chi connectivity index (χ0v) is 14.1. The number of benzene rings is 2. The van der Waals surface area contributed by atoms with Crippen molar-refractivity contribution in [2.45, 2.75) is 23.1 Å². The van der Waals surface area contributed by atoms with Crippen LogP contribution in [0.25, 0.3) is 0 Å². The van der Waals surface area contributed by atoms with E-state index in [1.165, 1.54) is 6.26 Å². The predicted octanol–water partition coefficient (Wildman–Crippen LogP) is 2.47. The second kappa shape index (κ2) is 6.22. The Balaban J connectivity index is 2.18. The summed E-state index contributed by atoms with van der Waals surface area (Å²) in [5.41, 5.74) is 1.95. The lowest BCUT2D eigenvalue weighted by molar-refractivity contribution is 0.596. The number of sulfone groups is 2. The molecule has 2 aromatic carbocycles. The quantitative estimate of drug-likeness (QED) is 0.840. The maximum absolute atomic E-state index is 11.7. The summed E-state index contributed by atoms with van der Waals surface area (Å²) >= 11 is 0. The summed E-state index contributed by atoms with van der Waals surface area (Å²) in [6.07, 6.45) is 1.80. The molecule has 0 radical (unpaired) electrons. The normalized spacial score (nSPS) is 12.3. The van der Waals surface area contributed by atoms with E-state index in [4.69, 9.17) is 0 Å². The highest BCUT2D eigenvalue weighted by atomic mass is 32.2. The van der Waals surface area contributed by atoms with Crippen LogP contribution in [-0.4, -0.2) is 28.8 Å². The van der Waals surface area contributed by atoms with Crippen LogP contribution >= 0.6 is 0 Å². The summed E-state index contributed by atoms with van der Waals surface area (Å²) in [7, 11) is -6.36. The molecule has 0 fully saturated rings. The number of hydrogen-bond donors (Lipinski definition) is 0. The topological polar surface area (TPSA) is 68.3 Å². The Kier molecular flexibility index (Phi) is 4.72. The number of rotatable bonds is 5. The first kappa shape index (κ1) is 16.7. The van der Waals surface area contributed by atoms with Gasteiger partial charge in [0.15, 0.2) is 19.7 Å². The molecule has 2 rings (SSSR count). The first-order chi connectivity index (χ1) is 10.2. The van der Waals surface area contributed by atoms with Crippen LogP contribution in [0.3, 0.4) is 0 Å². The lowest BCUT2D eigenvalue weighted by Crippen LogP contribution is -2.03. The van der Waals surface area contributed by atoms with Crippen molar-refractivity contribution in [3.63, 3.8) is 0 Å². The van der Waals surface area contributed by atoms with Crippen LogP contribution < -0.4 is 0 Å². The van der Waals surface area contributed by atoms with Crippen LogP contribution in [0.15, 0.2) is 58.3 Å². The molecule has 0 aliphatic heterocycles. The zero-order valence-electron chi connectivity index (χ0n) is 12.5. The Bertz CT molecular complexity index is 847. The van der Waals surface area contributed by atoms with Gasteiger partial charge in [0.05, 0.1) is 15.5 Å². The summed E-state index contributed by atoms with van der Waals surface area (Å²) in [5, 5.41) is 0. The van der Waals surface area contributed by atoms with Crippen LogP contribution in [0.4, 0.5) is 0 Å². The van der Waals surface area contributed by atoms with E-state index in [9.17, 15) is 16.8 Å². The molecule has 4 nitrogen and oxygen atoms in total. The van der Waals surface area contributed by atoms with Gasteiger partial charge >= 0.3 is 0 Å². The van der Waals surface area contributed by atoms with Gasteiger partial charge in [0.25, 0.3) is 0 Å². The molecule has 0 amide bonds. The van der Waals surface area contributed by atoms with E-state index < -0.39 is 19.7 Å². The van der Waals surface area contributed by atoms with Gasteiger partial charge in [0.1, 0.15) is 0 Å².